The van der Waals surface area contributed by atoms with Gasteiger partial charge in [-0.25, -0.2) is 4.39 Å². The molecule has 4 aromatic rings. The van der Waals surface area contributed by atoms with Crippen LogP contribution in [0.25, 0.3) is 22.1 Å². The number of rotatable bonds is 8. The van der Waals surface area contributed by atoms with Crippen LogP contribution in [0.3, 0.4) is 0 Å². The number of benzene rings is 3. The molecule has 0 bridgehead atoms. The van der Waals surface area contributed by atoms with Gasteiger partial charge < -0.3 is 24.7 Å². The van der Waals surface area contributed by atoms with Crippen molar-refractivity contribution in [3.63, 3.8) is 0 Å². The fourth-order valence-corrected chi connectivity index (χ4v) is 3.82. The van der Waals surface area contributed by atoms with Crippen LogP contribution >= 0.6 is 0 Å². The number of carboxylic acid groups (broad SMARTS) is 1. The minimum atomic E-state index is -0.952. The first-order chi connectivity index (χ1) is 15.9. The first kappa shape index (κ1) is 22.4. The monoisotopic (exact) mass is 449 g/mol. The molecule has 0 unspecified atom stereocenters. The van der Waals surface area contributed by atoms with E-state index >= 15 is 0 Å². The van der Waals surface area contributed by atoms with Crippen LogP contribution < -0.4 is 15.2 Å². The van der Waals surface area contributed by atoms with Crippen molar-refractivity contribution < 1.29 is 28.2 Å². The maximum absolute atomic E-state index is 14.1. The van der Waals surface area contributed by atoms with E-state index in [0.717, 1.165) is 22.1 Å². The van der Waals surface area contributed by atoms with Crippen molar-refractivity contribution in [1.82, 2.24) is 0 Å². The molecule has 0 saturated heterocycles. The second-order valence-corrected chi connectivity index (χ2v) is 7.73. The summed E-state index contributed by atoms with van der Waals surface area (Å²) in [6, 6.07) is 15.5. The minimum absolute atomic E-state index is 0.166. The van der Waals surface area contributed by atoms with E-state index in [9.17, 15) is 14.3 Å². The number of carbonyl (C=O) groups is 1. The molecule has 3 N–H and O–H groups in total. The molecular formula is C26H24FNO5. The third kappa shape index (κ3) is 4.83. The molecule has 4 rings (SSSR count). The summed E-state index contributed by atoms with van der Waals surface area (Å²) in [6.45, 7) is 2.26. The summed E-state index contributed by atoms with van der Waals surface area (Å²) in [5, 5.41) is 10.1. The zero-order valence-electron chi connectivity index (χ0n) is 18.4. The van der Waals surface area contributed by atoms with E-state index in [1.807, 2.05) is 31.2 Å². The van der Waals surface area contributed by atoms with Crippen molar-refractivity contribution in [2.75, 3.05) is 7.11 Å². The van der Waals surface area contributed by atoms with Crippen LogP contribution in [0.2, 0.25) is 0 Å². The molecule has 0 fully saturated rings. The molecule has 0 amide bonds. The van der Waals surface area contributed by atoms with Gasteiger partial charge in [0.15, 0.2) is 0 Å². The SMILES string of the molecule is COc1ccc(CC(=O)O)c(OCc2c(C)oc3ccc(-c4cc(F)cc(CN)c4)cc23)c1. The lowest BCUT2D eigenvalue weighted by molar-refractivity contribution is -0.136. The van der Waals surface area contributed by atoms with Gasteiger partial charge in [-0.05, 0) is 60.0 Å². The zero-order valence-corrected chi connectivity index (χ0v) is 18.4. The van der Waals surface area contributed by atoms with Crippen LogP contribution in [-0.4, -0.2) is 18.2 Å². The van der Waals surface area contributed by atoms with Crippen LogP contribution in [-0.2, 0) is 24.4 Å². The number of hydrogen-bond donors (Lipinski definition) is 2. The summed E-state index contributed by atoms with van der Waals surface area (Å²) in [5.74, 6) is 0.388. The average molecular weight is 449 g/mol. The van der Waals surface area contributed by atoms with Crippen LogP contribution in [0.4, 0.5) is 4.39 Å². The van der Waals surface area contributed by atoms with E-state index in [-0.39, 0.29) is 25.4 Å². The van der Waals surface area contributed by atoms with Crippen molar-refractivity contribution >= 4 is 16.9 Å². The van der Waals surface area contributed by atoms with Crippen LogP contribution in [0.1, 0.15) is 22.5 Å². The van der Waals surface area contributed by atoms with Gasteiger partial charge in [0.05, 0.1) is 13.5 Å². The fourth-order valence-electron chi connectivity index (χ4n) is 3.82. The Kier molecular flexibility index (Phi) is 6.33. The molecule has 1 aromatic heterocycles. The quantitative estimate of drug-likeness (QED) is 0.383. The lowest BCUT2D eigenvalue weighted by Gasteiger charge is -2.12. The van der Waals surface area contributed by atoms with Crippen molar-refractivity contribution in [3.05, 3.63) is 82.9 Å². The molecule has 0 saturated carbocycles. The first-order valence-corrected chi connectivity index (χ1v) is 10.4. The molecule has 7 heteroatoms. The third-order valence-corrected chi connectivity index (χ3v) is 5.51. The molecule has 0 aliphatic rings. The highest BCUT2D eigenvalue weighted by atomic mass is 19.1. The van der Waals surface area contributed by atoms with Gasteiger partial charge in [-0.1, -0.05) is 12.1 Å². The number of nitrogens with two attached hydrogens (primary N) is 1. The normalized spacial score (nSPS) is 11.0. The fraction of sp³-hybridized carbons (Fsp3) is 0.192. The summed E-state index contributed by atoms with van der Waals surface area (Å²) in [6.07, 6.45) is -0.169. The lowest BCUT2D eigenvalue weighted by atomic mass is 10.00. The molecule has 6 nitrogen and oxygen atoms in total. The van der Waals surface area contributed by atoms with Crippen molar-refractivity contribution in [3.8, 4) is 22.6 Å². The molecule has 0 aliphatic heterocycles. The maximum Gasteiger partial charge on any atom is 0.307 e. The van der Waals surface area contributed by atoms with Crippen LogP contribution in [0.15, 0.2) is 59.0 Å². The van der Waals surface area contributed by atoms with Gasteiger partial charge in [0, 0.05) is 29.1 Å². The third-order valence-electron chi connectivity index (χ3n) is 5.51. The van der Waals surface area contributed by atoms with Gasteiger partial charge in [0.1, 0.15) is 35.3 Å². The van der Waals surface area contributed by atoms with Crippen LogP contribution in [0, 0.1) is 12.7 Å². The predicted molar refractivity (Wildman–Crippen MR) is 123 cm³/mol. The number of furan rings is 1. The van der Waals surface area contributed by atoms with Crippen molar-refractivity contribution in [1.29, 1.82) is 0 Å². The van der Waals surface area contributed by atoms with E-state index < -0.39 is 5.97 Å². The highest BCUT2D eigenvalue weighted by Crippen LogP contribution is 2.33. The predicted octanol–water partition coefficient (Wildman–Crippen LogP) is 5.22. The Bertz CT molecular complexity index is 1330. The molecule has 0 radical (unpaired) electrons. The number of halogens is 1. The van der Waals surface area contributed by atoms with Gasteiger partial charge in [-0.2, -0.15) is 0 Å². The van der Waals surface area contributed by atoms with Crippen LogP contribution in [0.5, 0.6) is 11.5 Å². The number of ether oxygens (including phenoxy) is 2. The van der Waals surface area contributed by atoms with E-state index in [2.05, 4.69) is 0 Å². The van der Waals surface area contributed by atoms with E-state index in [0.29, 0.717) is 34.0 Å². The summed E-state index contributed by atoms with van der Waals surface area (Å²) in [5.41, 5.74) is 10.0. The summed E-state index contributed by atoms with van der Waals surface area (Å²) >= 11 is 0. The van der Waals surface area contributed by atoms with Gasteiger partial charge in [-0.3, -0.25) is 4.79 Å². The minimum Gasteiger partial charge on any atom is -0.497 e. The Balaban J connectivity index is 1.69. The van der Waals surface area contributed by atoms with Gasteiger partial charge in [-0.15, -0.1) is 0 Å². The molecule has 0 atom stereocenters. The molecule has 1 heterocycles. The maximum atomic E-state index is 14.1. The number of methoxy groups -OCH3 is 1. The highest BCUT2D eigenvalue weighted by Gasteiger charge is 2.16. The Hall–Kier alpha value is -3.84. The number of aryl methyl sites for hydroxylation is 1. The summed E-state index contributed by atoms with van der Waals surface area (Å²) in [4.78, 5) is 11.2. The number of fused-ring (bicyclic) bond motifs is 1. The molecular weight excluding hydrogens is 425 g/mol. The Morgan fingerprint density at radius 1 is 1.09 bits per heavy atom. The zero-order chi connectivity index (χ0) is 23.5. The van der Waals surface area contributed by atoms with E-state index in [1.54, 1.807) is 18.2 Å². The van der Waals surface area contributed by atoms with Gasteiger partial charge in [0.2, 0.25) is 0 Å². The molecule has 0 aliphatic carbocycles. The standard InChI is InChI=1S/C26H24FNO5/c1-15-23(14-32-25-12-21(31-2)5-3-18(25)11-26(29)30)22-10-17(4-6-24(22)33-15)19-7-16(13-28)8-20(27)9-19/h3-10,12H,11,13-14,28H2,1-2H3,(H,29,30). The van der Waals surface area contributed by atoms with Crippen molar-refractivity contribution in [2.24, 2.45) is 5.73 Å². The molecule has 3 aromatic carbocycles. The van der Waals surface area contributed by atoms with Gasteiger partial charge >= 0.3 is 5.97 Å². The number of hydrogen-bond acceptors (Lipinski definition) is 5. The van der Waals surface area contributed by atoms with Crippen molar-refractivity contribution in [2.45, 2.75) is 26.5 Å². The van der Waals surface area contributed by atoms with E-state index in [4.69, 9.17) is 19.6 Å². The Morgan fingerprint density at radius 3 is 2.64 bits per heavy atom. The number of aliphatic carboxylic acids is 1. The van der Waals surface area contributed by atoms with Gasteiger partial charge in [0.25, 0.3) is 0 Å². The molecule has 170 valence electrons. The molecule has 33 heavy (non-hydrogen) atoms. The first-order valence-electron chi connectivity index (χ1n) is 10.4. The smallest absolute Gasteiger partial charge is 0.307 e. The number of carboxylic acids is 1. The largest absolute Gasteiger partial charge is 0.497 e. The lowest BCUT2D eigenvalue weighted by Crippen LogP contribution is -2.05. The topological polar surface area (TPSA) is 94.9 Å². The second-order valence-electron chi connectivity index (χ2n) is 7.73. The average Bonchev–Trinajstić information content (AvgIpc) is 3.11. The summed E-state index contributed by atoms with van der Waals surface area (Å²) in [7, 11) is 1.54. The Labute approximate surface area is 190 Å². The Morgan fingerprint density at radius 2 is 1.91 bits per heavy atom. The molecule has 0 spiro atoms. The highest BCUT2D eigenvalue weighted by molar-refractivity contribution is 5.87. The second kappa shape index (κ2) is 9.34. The summed E-state index contributed by atoms with van der Waals surface area (Å²) < 4.78 is 31.2. The van der Waals surface area contributed by atoms with E-state index in [1.165, 1.54) is 19.2 Å².